The molecule has 0 radical (unpaired) electrons. The maximum Gasteiger partial charge on any atom is 0.413 e. The lowest BCUT2D eigenvalue weighted by molar-refractivity contribution is -0.193. The standard InChI is InChI=1S/C24H25FN2O6S/c25-11-12-27(24(29)30)23-26-19-21(32-15-17-9-5-2-6-10-17)20(18(13-28)33-22(19)34-23)31-14-16-7-3-1-4-8-16/h1-10,13,18-22H,11-12,14-15H2,(H,29,30)/t18-,19-,20-,21-,22-/m1/s1. The van der Waals surface area contributed by atoms with E-state index in [1.54, 1.807) is 0 Å². The van der Waals surface area contributed by atoms with Crippen LogP contribution in [-0.2, 0) is 32.2 Å². The van der Waals surface area contributed by atoms with Gasteiger partial charge in [0.25, 0.3) is 0 Å². The number of ether oxygens (including phenoxy) is 3. The summed E-state index contributed by atoms with van der Waals surface area (Å²) < 4.78 is 31.3. The van der Waals surface area contributed by atoms with E-state index in [0.717, 1.165) is 27.8 Å². The van der Waals surface area contributed by atoms with Crippen molar-refractivity contribution in [2.45, 2.75) is 43.0 Å². The average molecular weight is 489 g/mol. The highest BCUT2D eigenvalue weighted by Crippen LogP contribution is 2.39. The van der Waals surface area contributed by atoms with Crippen molar-refractivity contribution in [2.75, 3.05) is 13.2 Å². The second-order valence-electron chi connectivity index (χ2n) is 7.77. The lowest BCUT2D eigenvalue weighted by atomic mass is 9.98. The SMILES string of the molecule is O=C[C@H]1O[C@@H]2SC(N(CCF)C(=O)O)=N[C@@H]2[C@@H](OCc2ccccc2)[C@@H]1OCc1ccccc1. The van der Waals surface area contributed by atoms with Crippen LogP contribution in [0.15, 0.2) is 65.7 Å². The molecule has 2 heterocycles. The van der Waals surface area contributed by atoms with Crippen LogP contribution in [0.4, 0.5) is 9.18 Å². The summed E-state index contributed by atoms with van der Waals surface area (Å²) in [5.74, 6) is 0. The molecule has 0 aliphatic carbocycles. The van der Waals surface area contributed by atoms with Crippen LogP contribution in [0.5, 0.6) is 0 Å². The topological polar surface area (TPSA) is 97.7 Å². The van der Waals surface area contributed by atoms with Crippen LogP contribution in [0.3, 0.4) is 0 Å². The summed E-state index contributed by atoms with van der Waals surface area (Å²) in [5.41, 5.74) is 1.18. The first kappa shape index (κ1) is 24.3. The summed E-state index contributed by atoms with van der Waals surface area (Å²) in [6.45, 7) is -0.722. The number of benzene rings is 2. The molecule has 2 aliphatic rings. The van der Waals surface area contributed by atoms with Crippen LogP contribution in [0.2, 0.25) is 0 Å². The molecule has 0 aromatic heterocycles. The van der Waals surface area contributed by atoms with E-state index >= 15 is 0 Å². The molecule has 1 fully saturated rings. The number of hydrogen-bond acceptors (Lipinski definition) is 7. The Hall–Kier alpha value is -2.79. The minimum Gasteiger partial charge on any atom is -0.465 e. The third-order valence-corrected chi connectivity index (χ3v) is 6.67. The number of nitrogens with zero attached hydrogens (tertiary/aromatic N) is 2. The summed E-state index contributed by atoms with van der Waals surface area (Å²) in [6, 6.07) is 18.4. The number of alkyl halides is 1. The van der Waals surface area contributed by atoms with E-state index in [2.05, 4.69) is 4.99 Å². The molecule has 8 nitrogen and oxygen atoms in total. The number of amidine groups is 1. The van der Waals surface area contributed by atoms with Crippen molar-refractivity contribution >= 4 is 29.3 Å². The van der Waals surface area contributed by atoms with Crippen LogP contribution >= 0.6 is 11.8 Å². The van der Waals surface area contributed by atoms with Gasteiger partial charge in [-0.3, -0.25) is 9.89 Å². The zero-order valence-corrected chi connectivity index (χ0v) is 19.1. The van der Waals surface area contributed by atoms with Crippen molar-refractivity contribution in [3.63, 3.8) is 0 Å². The smallest absolute Gasteiger partial charge is 0.413 e. The normalized spacial score (nSPS) is 25.9. The quantitative estimate of drug-likeness (QED) is 0.540. The van der Waals surface area contributed by atoms with Gasteiger partial charge in [0, 0.05) is 0 Å². The largest absolute Gasteiger partial charge is 0.465 e. The second kappa shape index (κ2) is 11.6. The molecule has 0 bridgehead atoms. The molecule has 2 aliphatic heterocycles. The lowest BCUT2D eigenvalue weighted by Crippen LogP contribution is -2.57. The fourth-order valence-electron chi connectivity index (χ4n) is 3.86. The summed E-state index contributed by atoms with van der Waals surface area (Å²) >= 11 is 1.04. The van der Waals surface area contributed by atoms with E-state index in [0.29, 0.717) is 6.29 Å². The van der Waals surface area contributed by atoms with E-state index in [1.807, 2.05) is 60.7 Å². The van der Waals surface area contributed by atoms with Crippen LogP contribution < -0.4 is 0 Å². The monoisotopic (exact) mass is 488 g/mol. The molecule has 180 valence electrons. The molecule has 5 atom stereocenters. The molecule has 1 N–H and O–H groups in total. The Morgan fingerprint density at radius 1 is 1.06 bits per heavy atom. The number of fused-ring (bicyclic) bond motifs is 1. The molecule has 0 spiro atoms. The third kappa shape index (κ3) is 5.64. The molecule has 1 amide bonds. The Bertz CT molecular complexity index is 995. The van der Waals surface area contributed by atoms with Gasteiger partial charge in [0.1, 0.15) is 36.5 Å². The Morgan fingerprint density at radius 2 is 1.65 bits per heavy atom. The van der Waals surface area contributed by atoms with Crippen molar-refractivity contribution in [3.05, 3.63) is 71.8 Å². The Morgan fingerprint density at radius 3 is 2.18 bits per heavy atom. The number of carbonyl (C=O) groups is 2. The number of carbonyl (C=O) groups excluding carboxylic acids is 1. The Balaban J connectivity index is 1.60. The van der Waals surface area contributed by atoms with Gasteiger partial charge in [-0.25, -0.2) is 9.18 Å². The highest BCUT2D eigenvalue weighted by atomic mass is 32.2. The van der Waals surface area contributed by atoms with Crippen LogP contribution in [0.1, 0.15) is 11.1 Å². The van der Waals surface area contributed by atoms with Gasteiger partial charge in [0.05, 0.1) is 19.8 Å². The van der Waals surface area contributed by atoms with Crippen LogP contribution in [0, 0.1) is 0 Å². The Labute approximate surface area is 200 Å². The van der Waals surface area contributed by atoms with Gasteiger partial charge in [0.2, 0.25) is 0 Å². The number of carboxylic acid groups (broad SMARTS) is 1. The number of amides is 1. The number of hydrogen-bond donors (Lipinski definition) is 1. The van der Waals surface area contributed by atoms with Gasteiger partial charge in [-0.1, -0.05) is 72.4 Å². The summed E-state index contributed by atoms with van der Waals surface area (Å²) in [5, 5.41) is 9.60. The molecule has 0 unspecified atom stereocenters. The fourth-order valence-corrected chi connectivity index (χ4v) is 5.09. The van der Waals surface area contributed by atoms with Gasteiger partial charge in [-0.2, -0.15) is 0 Å². The molecule has 0 saturated carbocycles. The summed E-state index contributed by atoms with van der Waals surface area (Å²) in [6.07, 6.45) is -3.05. The predicted molar refractivity (Wildman–Crippen MR) is 124 cm³/mol. The molecule has 10 heteroatoms. The first-order valence-electron chi connectivity index (χ1n) is 10.8. The third-order valence-electron chi connectivity index (χ3n) is 5.51. The van der Waals surface area contributed by atoms with Gasteiger partial charge in [-0.15, -0.1) is 0 Å². The average Bonchev–Trinajstić information content (AvgIpc) is 3.28. The second-order valence-corrected chi connectivity index (χ2v) is 8.84. The number of rotatable bonds is 9. The molecule has 1 saturated heterocycles. The van der Waals surface area contributed by atoms with Crippen molar-refractivity contribution in [1.29, 1.82) is 0 Å². The zero-order chi connectivity index (χ0) is 23.9. The number of aliphatic imine (C=N–C) groups is 1. The minimum absolute atomic E-state index is 0.113. The molecule has 2 aromatic carbocycles. The number of thioether (sulfide) groups is 1. The van der Waals surface area contributed by atoms with E-state index < -0.39 is 42.6 Å². The van der Waals surface area contributed by atoms with E-state index in [4.69, 9.17) is 14.2 Å². The van der Waals surface area contributed by atoms with Gasteiger partial charge < -0.3 is 24.1 Å². The molecular weight excluding hydrogens is 463 g/mol. The molecule has 2 aromatic rings. The van der Waals surface area contributed by atoms with Crippen molar-refractivity contribution in [3.8, 4) is 0 Å². The van der Waals surface area contributed by atoms with Crippen molar-refractivity contribution < 1.29 is 33.3 Å². The van der Waals surface area contributed by atoms with Crippen molar-refractivity contribution in [2.24, 2.45) is 4.99 Å². The number of aldehydes is 1. The zero-order valence-electron chi connectivity index (χ0n) is 18.2. The number of halogens is 1. The maximum absolute atomic E-state index is 13.0. The maximum atomic E-state index is 13.0. The van der Waals surface area contributed by atoms with Crippen LogP contribution in [-0.4, -0.2) is 70.6 Å². The van der Waals surface area contributed by atoms with E-state index in [-0.39, 0.29) is 24.9 Å². The first-order valence-corrected chi connectivity index (χ1v) is 11.7. The van der Waals surface area contributed by atoms with Gasteiger partial charge in [-0.05, 0) is 11.1 Å². The predicted octanol–water partition coefficient (Wildman–Crippen LogP) is 3.50. The molecular formula is C24H25FN2O6S. The van der Waals surface area contributed by atoms with Gasteiger partial charge >= 0.3 is 6.09 Å². The summed E-state index contributed by atoms with van der Waals surface area (Å²) in [4.78, 5) is 29.0. The first-order chi connectivity index (χ1) is 16.6. The lowest BCUT2D eigenvalue weighted by Gasteiger charge is -2.40. The Kier molecular flexibility index (Phi) is 8.28. The molecule has 4 rings (SSSR count). The highest BCUT2D eigenvalue weighted by molar-refractivity contribution is 8.14. The highest BCUT2D eigenvalue weighted by Gasteiger charge is 2.51. The fraction of sp³-hybridized carbons (Fsp3) is 0.375. The molecule has 34 heavy (non-hydrogen) atoms. The van der Waals surface area contributed by atoms with Gasteiger partial charge in [0.15, 0.2) is 11.5 Å². The van der Waals surface area contributed by atoms with E-state index in [9.17, 15) is 19.1 Å². The van der Waals surface area contributed by atoms with Crippen molar-refractivity contribution in [1.82, 2.24) is 4.90 Å². The minimum atomic E-state index is -1.31. The van der Waals surface area contributed by atoms with Crippen LogP contribution in [0.25, 0.3) is 0 Å². The summed E-state index contributed by atoms with van der Waals surface area (Å²) in [7, 11) is 0. The van der Waals surface area contributed by atoms with E-state index in [1.165, 1.54) is 0 Å².